The molecule has 1 aromatic rings. The van der Waals surface area contributed by atoms with Crippen LogP contribution < -0.4 is 14.9 Å². The van der Waals surface area contributed by atoms with Crippen molar-refractivity contribution in [3.8, 4) is 11.5 Å². The Hall–Kier alpha value is -2.73. The van der Waals surface area contributed by atoms with Gasteiger partial charge in [-0.3, -0.25) is 0 Å². The van der Waals surface area contributed by atoms with E-state index in [1.54, 1.807) is 6.92 Å². The van der Waals surface area contributed by atoms with Gasteiger partial charge in [-0.15, -0.1) is 0 Å². The van der Waals surface area contributed by atoms with E-state index in [1.807, 2.05) is 0 Å². The van der Waals surface area contributed by atoms with Gasteiger partial charge in [-0.2, -0.15) is 35.8 Å². The molecular weight excluding hydrogens is 405 g/mol. The third-order valence-corrected chi connectivity index (χ3v) is 3.01. The van der Waals surface area contributed by atoms with Gasteiger partial charge in [0.25, 0.3) is 0 Å². The van der Waals surface area contributed by atoms with Crippen LogP contribution in [-0.2, 0) is 9.53 Å². The zero-order valence-electron chi connectivity index (χ0n) is 14.4. The average Bonchev–Trinajstić information content (AvgIpc) is 2.59. The molecule has 6 nitrogen and oxygen atoms in total. The second-order valence-corrected chi connectivity index (χ2v) is 5.02. The summed E-state index contributed by atoms with van der Waals surface area (Å²) in [5.74, 6) is -6.91. The van der Waals surface area contributed by atoms with Gasteiger partial charge in [0.2, 0.25) is 0 Å². The molecular formula is C15H15F7N2O4. The highest BCUT2D eigenvalue weighted by atomic mass is 19.4. The number of methoxy groups -OCH3 is 1. The van der Waals surface area contributed by atoms with Gasteiger partial charge in [-0.25, -0.2) is 10.2 Å². The number of alkyl halides is 7. The molecule has 0 aromatic heterocycles. The SMILES string of the molecule is CCOC(=O)COc1ccc(/C=N/NC(F)(F)C(F)(F)C(F)(F)F)cc1OC. The van der Waals surface area contributed by atoms with E-state index in [2.05, 4.69) is 9.84 Å². The minimum Gasteiger partial charge on any atom is -0.493 e. The number of benzene rings is 1. The molecule has 0 spiro atoms. The number of nitrogens with one attached hydrogen (secondary N) is 1. The molecule has 158 valence electrons. The number of halogens is 7. The maximum absolute atomic E-state index is 13.1. The number of hydrogen-bond acceptors (Lipinski definition) is 6. The summed E-state index contributed by atoms with van der Waals surface area (Å²) in [6.45, 7) is 1.28. The molecule has 1 rings (SSSR count). The summed E-state index contributed by atoms with van der Waals surface area (Å²) in [7, 11) is 1.21. The fourth-order valence-corrected chi connectivity index (χ4v) is 1.66. The van der Waals surface area contributed by atoms with Crippen molar-refractivity contribution in [1.29, 1.82) is 0 Å². The Morgan fingerprint density at radius 2 is 1.79 bits per heavy atom. The first kappa shape index (κ1) is 23.3. The molecule has 28 heavy (non-hydrogen) atoms. The van der Waals surface area contributed by atoms with E-state index >= 15 is 0 Å². The fourth-order valence-electron chi connectivity index (χ4n) is 1.66. The van der Waals surface area contributed by atoms with Crippen LogP contribution in [0.25, 0.3) is 0 Å². The number of hydrazone groups is 1. The van der Waals surface area contributed by atoms with Crippen molar-refractivity contribution >= 4 is 12.2 Å². The molecule has 0 unspecified atom stereocenters. The first-order valence-electron chi connectivity index (χ1n) is 7.44. The summed E-state index contributed by atoms with van der Waals surface area (Å²) in [6, 6.07) is -2.07. The van der Waals surface area contributed by atoms with Crippen LogP contribution >= 0.6 is 0 Å². The van der Waals surface area contributed by atoms with Crippen molar-refractivity contribution in [2.24, 2.45) is 5.10 Å². The molecule has 0 aliphatic rings. The minimum atomic E-state index is -6.47. The minimum absolute atomic E-state index is 0.000963. The quantitative estimate of drug-likeness (QED) is 0.218. The van der Waals surface area contributed by atoms with Gasteiger partial charge in [0.05, 0.1) is 19.9 Å². The topological polar surface area (TPSA) is 69.2 Å². The number of hydrogen-bond donors (Lipinski definition) is 1. The molecule has 0 radical (unpaired) electrons. The molecule has 0 amide bonds. The van der Waals surface area contributed by atoms with Crippen molar-refractivity contribution in [2.75, 3.05) is 20.3 Å². The van der Waals surface area contributed by atoms with Crippen molar-refractivity contribution in [2.45, 2.75) is 25.1 Å². The standard InChI is InChI=1S/C15H15F7N2O4/c1-3-27-12(25)8-28-10-5-4-9(6-11(10)26-2)7-23-24-15(21,22)13(16,17)14(18,19)20/h4-7,24H,3,8H2,1-2H3/b23-7+. The Morgan fingerprint density at radius 1 is 1.14 bits per heavy atom. The van der Waals surface area contributed by atoms with Gasteiger partial charge in [0.15, 0.2) is 18.1 Å². The van der Waals surface area contributed by atoms with Crippen molar-refractivity contribution in [3.63, 3.8) is 0 Å². The Balaban J connectivity index is 2.86. The van der Waals surface area contributed by atoms with E-state index in [-0.39, 0.29) is 23.7 Å². The maximum Gasteiger partial charge on any atom is 0.462 e. The lowest BCUT2D eigenvalue weighted by molar-refractivity contribution is -0.361. The highest BCUT2D eigenvalue weighted by molar-refractivity contribution is 5.80. The summed E-state index contributed by atoms with van der Waals surface area (Å²) in [6.07, 6.45) is -5.90. The van der Waals surface area contributed by atoms with Crippen LogP contribution in [0.2, 0.25) is 0 Å². The highest BCUT2D eigenvalue weighted by Gasteiger charge is 2.73. The number of nitrogens with zero attached hydrogens (tertiary/aromatic N) is 1. The predicted molar refractivity (Wildman–Crippen MR) is 81.8 cm³/mol. The van der Waals surface area contributed by atoms with Gasteiger partial charge in [-0.1, -0.05) is 0 Å². The van der Waals surface area contributed by atoms with Crippen LogP contribution in [0.1, 0.15) is 12.5 Å². The fraction of sp³-hybridized carbons (Fsp3) is 0.467. The molecule has 0 aliphatic carbocycles. The van der Waals surface area contributed by atoms with E-state index in [9.17, 15) is 35.5 Å². The van der Waals surface area contributed by atoms with Crippen molar-refractivity contribution in [1.82, 2.24) is 5.43 Å². The Morgan fingerprint density at radius 3 is 2.32 bits per heavy atom. The van der Waals surface area contributed by atoms with Crippen molar-refractivity contribution in [3.05, 3.63) is 23.8 Å². The van der Waals surface area contributed by atoms with Crippen LogP contribution in [0, 0.1) is 0 Å². The molecule has 0 aliphatic heterocycles. The summed E-state index contributed by atoms with van der Waals surface area (Å²) >= 11 is 0. The van der Waals surface area contributed by atoms with Crippen LogP contribution in [0.4, 0.5) is 30.7 Å². The zero-order chi connectivity index (χ0) is 21.6. The average molecular weight is 420 g/mol. The van der Waals surface area contributed by atoms with E-state index in [1.165, 1.54) is 19.2 Å². The van der Waals surface area contributed by atoms with E-state index in [0.717, 1.165) is 6.07 Å². The highest BCUT2D eigenvalue weighted by Crippen LogP contribution is 2.45. The molecule has 0 saturated carbocycles. The number of esters is 1. The Bertz CT molecular complexity index is 708. The second-order valence-electron chi connectivity index (χ2n) is 5.02. The van der Waals surface area contributed by atoms with Gasteiger partial charge in [-0.05, 0) is 30.7 Å². The van der Waals surface area contributed by atoms with Gasteiger partial charge >= 0.3 is 24.1 Å². The van der Waals surface area contributed by atoms with Gasteiger partial charge in [0.1, 0.15) is 0 Å². The lowest BCUT2D eigenvalue weighted by atomic mass is 10.2. The third kappa shape index (κ3) is 5.63. The second kappa shape index (κ2) is 8.97. The zero-order valence-corrected chi connectivity index (χ0v) is 14.4. The third-order valence-electron chi connectivity index (χ3n) is 3.01. The first-order valence-corrected chi connectivity index (χ1v) is 7.44. The first-order chi connectivity index (χ1) is 12.9. The Kier molecular flexibility index (Phi) is 7.47. The predicted octanol–water partition coefficient (Wildman–Crippen LogP) is 3.35. The van der Waals surface area contributed by atoms with Gasteiger partial charge < -0.3 is 14.2 Å². The van der Waals surface area contributed by atoms with E-state index in [0.29, 0.717) is 11.6 Å². The monoisotopic (exact) mass is 420 g/mol. The van der Waals surface area contributed by atoms with E-state index in [4.69, 9.17) is 9.47 Å². The summed E-state index contributed by atoms with van der Waals surface area (Å²) in [4.78, 5) is 11.2. The largest absolute Gasteiger partial charge is 0.493 e. The number of rotatable bonds is 9. The summed E-state index contributed by atoms with van der Waals surface area (Å²) in [5.41, 5.74) is 0.492. The molecule has 1 N–H and O–H groups in total. The molecule has 0 heterocycles. The van der Waals surface area contributed by atoms with Crippen LogP contribution in [0.15, 0.2) is 23.3 Å². The van der Waals surface area contributed by atoms with Crippen LogP contribution in [0.5, 0.6) is 11.5 Å². The molecule has 0 atom stereocenters. The van der Waals surface area contributed by atoms with Gasteiger partial charge in [0, 0.05) is 0 Å². The number of carbonyl (C=O) groups is 1. The van der Waals surface area contributed by atoms with E-state index < -0.39 is 30.7 Å². The summed E-state index contributed by atoms with van der Waals surface area (Å²) < 4.78 is 102. The lowest BCUT2D eigenvalue weighted by Crippen LogP contribution is -2.58. The summed E-state index contributed by atoms with van der Waals surface area (Å²) in [5, 5.41) is 2.72. The molecule has 0 fully saturated rings. The van der Waals surface area contributed by atoms with Crippen LogP contribution in [-0.4, -0.2) is 50.7 Å². The lowest BCUT2D eigenvalue weighted by Gasteiger charge is -2.27. The maximum atomic E-state index is 13.1. The smallest absolute Gasteiger partial charge is 0.462 e. The van der Waals surface area contributed by atoms with Crippen molar-refractivity contribution < 1.29 is 49.7 Å². The molecule has 13 heteroatoms. The Labute approximate surface area is 154 Å². The van der Waals surface area contributed by atoms with Crippen LogP contribution in [0.3, 0.4) is 0 Å². The number of carbonyl (C=O) groups excluding carboxylic acids is 1. The molecule has 1 aromatic carbocycles. The molecule has 0 bridgehead atoms. The molecule has 0 saturated heterocycles. The normalized spacial score (nSPS) is 12.8. The number of ether oxygens (including phenoxy) is 3.